The Bertz CT molecular complexity index is 502. The van der Waals surface area contributed by atoms with Crippen LogP contribution in [0.4, 0.5) is 0 Å². The zero-order chi connectivity index (χ0) is 13.0. The van der Waals surface area contributed by atoms with Crippen molar-refractivity contribution in [1.82, 2.24) is 9.78 Å². The maximum Gasteiger partial charge on any atom is 0.267 e. The molecule has 1 aromatic heterocycles. The molecule has 4 aliphatic rings. The molecular formula is C15H23N3O. The molecule has 5 rings (SSSR count). The molecule has 0 amide bonds. The van der Waals surface area contributed by atoms with Gasteiger partial charge in [-0.1, -0.05) is 0 Å². The summed E-state index contributed by atoms with van der Waals surface area (Å²) in [7, 11) is 0. The Labute approximate surface area is 113 Å². The van der Waals surface area contributed by atoms with E-state index in [0.717, 1.165) is 29.2 Å². The number of hydrogen-bond acceptors (Lipinski definition) is 2. The lowest BCUT2D eigenvalue weighted by molar-refractivity contribution is -0.0338. The molecule has 3 N–H and O–H groups in total. The van der Waals surface area contributed by atoms with Crippen LogP contribution in [0.3, 0.4) is 0 Å². The second kappa shape index (κ2) is 4.23. The van der Waals surface area contributed by atoms with Gasteiger partial charge in [-0.3, -0.25) is 14.6 Å². The summed E-state index contributed by atoms with van der Waals surface area (Å²) in [6.45, 7) is 0.550. The van der Waals surface area contributed by atoms with Gasteiger partial charge in [-0.2, -0.15) is 0 Å². The lowest BCUT2D eigenvalue weighted by Gasteiger charge is -2.54. The molecular weight excluding hydrogens is 238 g/mol. The van der Waals surface area contributed by atoms with E-state index in [4.69, 9.17) is 5.73 Å². The Morgan fingerprint density at radius 3 is 2.37 bits per heavy atom. The molecule has 0 atom stereocenters. The standard InChI is InChI=1S/C15H23N3O/c16-2-1-11-8-18(17-15(11)19)14-12-4-9-3-10(6-12)7-13(14)5-9/h8-10,12-14H,1-7,16H2,(H,17,19). The number of aromatic amines is 1. The van der Waals surface area contributed by atoms with E-state index in [1.54, 1.807) is 0 Å². The third-order valence-electron chi connectivity index (χ3n) is 5.73. The van der Waals surface area contributed by atoms with Gasteiger partial charge >= 0.3 is 0 Å². The van der Waals surface area contributed by atoms with Crippen molar-refractivity contribution in [2.45, 2.75) is 44.6 Å². The van der Waals surface area contributed by atoms with Crippen LogP contribution in [0.15, 0.2) is 11.0 Å². The SMILES string of the molecule is NCCc1cn(C2C3CC4CC(C3)CC2C4)[nH]c1=O. The normalized spacial score (nSPS) is 39.9. The van der Waals surface area contributed by atoms with Gasteiger partial charge in [0.2, 0.25) is 0 Å². The molecule has 0 saturated heterocycles. The lowest BCUT2D eigenvalue weighted by atomic mass is 9.54. The number of H-pyrrole nitrogens is 1. The smallest absolute Gasteiger partial charge is 0.267 e. The summed E-state index contributed by atoms with van der Waals surface area (Å²) >= 11 is 0. The van der Waals surface area contributed by atoms with E-state index in [1.165, 1.54) is 32.1 Å². The topological polar surface area (TPSA) is 63.8 Å². The van der Waals surface area contributed by atoms with E-state index in [9.17, 15) is 4.79 Å². The molecule has 0 radical (unpaired) electrons. The quantitative estimate of drug-likeness (QED) is 0.869. The summed E-state index contributed by atoms with van der Waals surface area (Å²) in [6, 6.07) is 0.548. The summed E-state index contributed by atoms with van der Waals surface area (Å²) in [6.07, 6.45) is 9.72. The molecule has 4 saturated carbocycles. The minimum absolute atomic E-state index is 0.0688. The van der Waals surface area contributed by atoms with Crippen molar-refractivity contribution in [2.75, 3.05) is 6.54 Å². The molecule has 19 heavy (non-hydrogen) atoms. The van der Waals surface area contributed by atoms with E-state index in [1.807, 2.05) is 6.20 Å². The van der Waals surface area contributed by atoms with Gasteiger partial charge in [0.15, 0.2) is 0 Å². The van der Waals surface area contributed by atoms with Crippen molar-refractivity contribution in [2.24, 2.45) is 29.4 Å². The van der Waals surface area contributed by atoms with Crippen molar-refractivity contribution < 1.29 is 0 Å². The largest absolute Gasteiger partial charge is 0.330 e. The summed E-state index contributed by atoms with van der Waals surface area (Å²) < 4.78 is 2.14. The predicted octanol–water partition coefficient (Wildman–Crippen LogP) is 1.67. The van der Waals surface area contributed by atoms with E-state index in [0.29, 0.717) is 19.0 Å². The van der Waals surface area contributed by atoms with Crippen LogP contribution in [0.1, 0.15) is 43.7 Å². The Morgan fingerprint density at radius 1 is 1.16 bits per heavy atom. The number of nitrogens with one attached hydrogen (secondary N) is 1. The highest BCUT2D eigenvalue weighted by molar-refractivity contribution is 5.08. The number of nitrogens with zero attached hydrogens (tertiary/aromatic N) is 1. The highest BCUT2D eigenvalue weighted by Gasteiger charge is 2.49. The Hall–Kier alpha value is -1.03. The maximum atomic E-state index is 11.9. The summed E-state index contributed by atoms with van der Waals surface area (Å²) in [5.74, 6) is 3.55. The number of aromatic nitrogens is 2. The van der Waals surface area contributed by atoms with Gasteiger partial charge in [-0.25, -0.2) is 0 Å². The van der Waals surface area contributed by atoms with Gasteiger partial charge in [-0.05, 0) is 68.7 Å². The van der Waals surface area contributed by atoms with E-state index >= 15 is 0 Å². The molecule has 0 unspecified atom stereocenters. The number of hydrogen-bond donors (Lipinski definition) is 2. The Balaban J connectivity index is 1.65. The third-order valence-corrected chi connectivity index (χ3v) is 5.73. The number of nitrogens with two attached hydrogens (primary N) is 1. The first-order valence-electron chi connectivity index (χ1n) is 7.74. The molecule has 0 aromatic carbocycles. The first kappa shape index (κ1) is 11.8. The second-order valence-electron chi connectivity index (χ2n) is 6.96. The van der Waals surface area contributed by atoms with Crippen molar-refractivity contribution in [3.8, 4) is 0 Å². The molecule has 4 heteroatoms. The van der Waals surface area contributed by atoms with Crippen LogP contribution in [0, 0.1) is 23.7 Å². The van der Waals surface area contributed by atoms with Crippen LogP contribution in [-0.4, -0.2) is 16.3 Å². The summed E-state index contributed by atoms with van der Waals surface area (Å²) in [5.41, 5.74) is 6.50. The van der Waals surface area contributed by atoms with E-state index in [-0.39, 0.29) is 5.56 Å². The van der Waals surface area contributed by atoms with Crippen molar-refractivity contribution >= 4 is 0 Å². The lowest BCUT2D eigenvalue weighted by Crippen LogP contribution is -2.46. The van der Waals surface area contributed by atoms with Gasteiger partial charge in [0.25, 0.3) is 5.56 Å². The van der Waals surface area contributed by atoms with Gasteiger partial charge < -0.3 is 5.73 Å². The molecule has 4 fully saturated rings. The maximum absolute atomic E-state index is 11.9. The fraction of sp³-hybridized carbons (Fsp3) is 0.800. The fourth-order valence-electron chi connectivity index (χ4n) is 5.29. The van der Waals surface area contributed by atoms with Crippen LogP contribution in [-0.2, 0) is 6.42 Å². The highest BCUT2D eigenvalue weighted by Crippen LogP contribution is 2.57. The van der Waals surface area contributed by atoms with E-state index in [2.05, 4.69) is 9.78 Å². The molecule has 4 aliphatic carbocycles. The average molecular weight is 261 g/mol. The zero-order valence-electron chi connectivity index (χ0n) is 11.3. The first-order valence-corrected chi connectivity index (χ1v) is 7.74. The minimum atomic E-state index is 0.0688. The number of rotatable bonds is 3. The molecule has 104 valence electrons. The van der Waals surface area contributed by atoms with E-state index < -0.39 is 0 Å². The molecule has 4 nitrogen and oxygen atoms in total. The summed E-state index contributed by atoms with van der Waals surface area (Å²) in [5, 5.41) is 3.06. The molecule has 1 heterocycles. The van der Waals surface area contributed by atoms with Crippen molar-refractivity contribution in [3.05, 3.63) is 22.1 Å². The van der Waals surface area contributed by atoms with Crippen LogP contribution < -0.4 is 11.3 Å². The van der Waals surface area contributed by atoms with Crippen LogP contribution in [0.5, 0.6) is 0 Å². The van der Waals surface area contributed by atoms with Crippen LogP contribution >= 0.6 is 0 Å². The molecule has 4 bridgehead atoms. The summed E-state index contributed by atoms with van der Waals surface area (Å²) in [4.78, 5) is 11.9. The predicted molar refractivity (Wildman–Crippen MR) is 73.9 cm³/mol. The minimum Gasteiger partial charge on any atom is -0.330 e. The highest BCUT2D eigenvalue weighted by atomic mass is 16.1. The molecule has 1 aromatic rings. The average Bonchev–Trinajstić information content (AvgIpc) is 2.70. The monoisotopic (exact) mass is 261 g/mol. The third kappa shape index (κ3) is 1.80. The van der Waals surface area contributed by atoms with Crippen LogP contribution in [0.2, 0.25) is 0 Å². The second-order valence-corrected chi connectivity index (χ2v) is 6.96. The van der Waals surface area contributed by atoms with Crippen molar-refractivity contribution in [1.29, 1.82) is 0 Å². The van der Waals surface area contributed by atoms with Gasteiger partial charge in [0, 0.05) is 11.8 Å². The zero-order valence-corrected chi connectivity index (χ0v) is 11.3. The van der Waals surface area contributed by atoms with Gasteiger partial charge in [0.1, 0.15) is 0 Å². The first-order chi connectivity index (χ1) is 9.24. The van der Waals surface area contributed by atoms with Gasteiger partial charge in [-0.15, -0.1) is 0 Å². The van der Waals surface area contributed by atoms with Crippen molar-refractivity contribution in [3.63, 3.8) is 0 Å². The fourth-order valence-corrected chi connectivity index (χ4v) is 5.29. The molecule has 0 aliphatic heterocycles. The Kier molecular flexibility index (Phi) is 2.62. The molecule has 0 spiro atoms. The van der Waals surface area contributed by atoms with Crippen LogP contribution in [0.25, 0.3) is 0 Å². The Morgan fingerprint density at radius 2 is 1.79 bits per heavy atom. The van der Waals surface area contributed by atoms with Gasteiger partial charge in [0.05, 0.1) is 6.04 Å².